The molecule has 3 aromatic rings. The molecule has 1 nitrogen and oxygen atoms in total. The quantitative estimate of drug-likeness (QED) is 0.512. The van der Waals surface area contributed by atoms with E-state index in [2.05, 4.69) is 99.3 Å². The second-order valence-electron chi connectivity index (χ2n) is 7.29. The van der Waals surface area contributed by atoms with Crippen molar-refractivity contribution in [3.8, 4) is 0 Å². The van der Waals surface area contributed by atoms with Gasteiger partial charge in [0.2, 0.25) is 0 Å². The van der Waals surface area contributed by atoms with E-state index in [1.807, 2.05) is 0 Å². The third kappa shape index (κ3) is 2.55. The molecule has 1 heteroatoms. The fourth-order valence-corrected chi connectivity index (χ4v) is 4.31. The van der Waals surface area contributed by atoms with E-state index in [0.29, 0.717) is 12.0 Å². The number of hydrogen-bond donors (Lipinski definition) is 0. The first-order valence-corrected chi connectivity index (χ1v) is 9.09. The molecule has 0 amide bonds. The minimum atomic E-state index is 0.332. The van der Waals surface area contributed by atoms with Crippen molar-refractivity contribution in [1.29, 1.82) is 0 Å². The van der Waals surface area contributed by atoms with E-state index in [4.69, 9.17) is 0 Å². The fourth-order valence-electron chi connectivity index (χ4n) is 4.31. The molecule has 4 rings (SSSR count). The zero-order valence-electron chi connectivity index (χ0n) is 15.5. The number of hydrogen-bond acceptors (Lipinski definition) is 1. The predicted octanol–water partition coefficient (Wildman–Crippen LogP) is 6.61. The number of aryl methyl sites for hydroxylation is 2. The number of nitrogens with zero attached hydrogens (tertiary/aromatic N) is 1. The average molecular weight is 327 g/mol. The third-order valence-electron chi connectivity index (χ3n) is 5.64. The Morgan fingerprint density at radius 2 is 1.44 bits per heavy atom. The molecule has 3 aromatic carbocycles. The summed E-state index contributed by atoms with van der Waals surface area (Å²) in [5.41, 5.74) is 9.63. The lowest BCUT2D eigenvalue weighted by molar-refractivity contribution is 0.623. The Morgan fingerprint density at radius 1 is 0.760 bits per heavy atom. The van der Waals surface area contributed by atoms with Crippen molar-refractivity contribution < 1.29 is 0 Å². The molecule has 0 radical (unpaired) electrons. The van der Waals surface area contributed by atoms with Gasteiger partial charge in [-0.2, -0.15) is 0 Å². The highest BCUT2D eigenvalue weighted by Crippen LogP contribution is 2.52. The normalized spacial score (nSPS) is 19.1. The van der Waals surface area contributed by atoms with E-state index in [-0.39, 0.29) is 0 Å². The summed E-state index contributed by atoms with van der Waals surface area (Å²) in [6.45, 7) is 9.06. The number of rotatable bonds is 2. The van der Waals surface area contributed by atoms with E-state index < -0.39 is 0 Å². The summed E-state index contributed by atoms with van der Waals surface area (Å²) in [6, 6.07) is 24.7. The first-order valence-electron chi connectivity index (χ1n) is 9.09. The van der Waals surface area contributed by atoms with Crippen LogP contribution in [0.1, 0.15) is 46.7 Å². The van der Waals surface area contributed by atoms with Crippen molar-refractivity contribution in [2.75, 3.05) is 4.90 Å². The molecule has 0 aliphatic carbocycles. The Kier molecular flexibility index (Phi) is 3.88. The van der Waals surface area contributed by atoms with Crippen molar-refractivity contribution in [1.82, 2.24) is 0 Å². The number of fused-ring (bicyclic) bond motifs is 1. The molecule has 0 bridgehead atoms. The molecule has 25 heavy (non-hydrogen) atoms. The average Bonchev–Trinajstić information content (AvgIpc) is 2.92. The van der Waals surface area contributed by atoms with Gasteiger partial charge in [-0.05, 0) is 61.2 Å². The third-order valence-corrected chi connectivity index (χ3v) is 5.64. The molecule has 2 atom stereocenters. The molecule has 1 aliphatic heterocycles. The summed E-state index contributed by atoms with van der Waals surface area (Å²) in [5.74, 6) is 0.455. The minimum absolute atomic E-state index is 0.332. The topological polar surface area (TPSA) is 3.24 Å². The first kappa shape index (κ1) is 16.0. The van der Waals surface area contributed by atoms with Crippen LogP contribution in [0.2, 0.25) is 0 Å². The lowest BCUT2D eigenvalue weighted by Crippen LogP contribution is -2.22. The summed E-state index contributed by atoms with van der Waals surface area (Å²) >= 11 is 0. The highest BCUT2D eigenvalue weighted by molar-refractivity contribution is 5.74. The van der Waals surface area contributed by atoms with Crippen LogP contribution >= 0.6 is 0 Å². The molecule has 1 aliphatic rings. The van der Waals surface area contributed by atoms with E-state index in [1.54, 1.807) is 0 Å². The van der Waals surface area contributed by atoms with Crippen LogP contribution in [0, 0.1) is 20.8 Å². The van der Waals surface area contributed by atoms with Crippen LogP contribution < -0.4 is 4.90 Å². The van der Waals surface area contributed by atoms with Crippen LogP contribution in [0.15, 0.2) is 66.7 Å². The second-order valence-corrected chi connectivity index (χ2v) is 7.29. The molecule has 0 aromatic heterocycles. The van der Waals surface area contributed by atoms with Gasteiger partial charge < -0.3 is 4.90 Å². The highest BCUT2D eigenvalue weighted by Gasteiger charge is 2.38. The van der Waals surface area contributed by atoms with Gasteiger partial charge in [0.25, 0.3) is 0 Å². The van der Waals surface area contributed by atoms with Crippen LogP contribution in [-0.2, 0) is 0 Å². The predicted molar refractivity (Wildman–Crippen MR) is 107 cm³/mol. The van der Waals surface area contributed by atoms with Gasteiger partial charge in [0.15, 0.2) is 0 Å². The van der Waals surface area contributed by atoms with Crippen LogP contribution in [0.4, 0.5) is 11.4 Å². The van der Waals surface area contributed by atoms with Gasteiger partial charge in [-0.15, -0.1) is 0 Å². The molecule has 0 N–H and O–H groups in total. The summed E-state index contributed by atoms with van der Waals surface area (Å²) in [6.07, 6.45) is 0. The van der Waals surface area contributed by atoms with Crippen molar-refractivity contribution in [3.63, 3.8) is 0 Å². The van der Waals surface area contributed by atoms with Gasteiger partial charge in [0.1, 0.15) is 0 Å². The van der Waals surface area contributed by atoms with Crippen molar-refractivity contribution in [3.05, 3.63) is 94.5 Å². The second kappa shape index (κ2) is 6.07. The molecule has 0 spiro atoms. The van der Waals surface area contributed by atoms with Crippen molar-refractivity contribution in [2.45, 2.75) is 39.7 Å². The van der Waals surface area contributed by atoms with Gasteiger partial charge in [0.05, 0.1) is 6.04 Å². The van der Waals surface area contributed by atoms with Crippen LogP contribution in [0.5, 0.6) is 0 Å². The maximum atomic E-state index is 2.53. The largest absolute Gasteiger partial charge is 0.333 e. The Morgan fingerprint density at radius 3 is 2.20 bits per heavy atom. The molecule has 1 heterocycles. The molecule has 0 saturated carbocycles. The highest BCUT2D eigenvalue weighted by atomic mass is 15.2. The van der Waals surface area contributed by atoms with Gasteiger partial charge >= 0.3 is 0 Å². The standard InChI is InChI=1S/C24H25N/c1-16-14-17(2)18(3)22(15-16)24-19(4)21-12-8-9-13-23(21)25(24)20-10-6-5-7-11-20/h5-15,19,24H,1-4H3. The Balaban J connectivity index is 1.95. The van der Waals surface area contributed by atoms with E-state index in [1.165, 1.54) is 39.2 Å². The molecule has 0 fully saturated rings. The van der Waals surface area contributed by atoms with E-state index >= 15 is 0 Å². The summed E-state index contributed by atoms with van der Waals surface area (Å²) in [7, 11) is 0. The molecular weight excluding hydrogens is 302 g/mol. The maximum Gasteiger partial charge on any atom is 0.0661 e. The van der Waals surface area contributed by atoms with Crippen LogP contribution in [-0.4, -0.2) is 0 Å². The Labute approximate surface area is 150 Å². The van der Waals surface area contributed by atoms with Crippen molar-refractivity contribution in [2.24, 2.45) is 0 Å². The first-order chi connectivity index (χ1) is 12.1. The van der Waals surface area contributed by atoms with E-state index in [9.17, 15) is 0 Å². The van der Waals surface area contributed by atoms with Gasteiger partial charge in [-0.25, -0.2) is 0 Å². The summed E-state index contributed by atoms with van der Waals surface area (Å²) in [4.78, 5) is 2.53. The van der Waals surface area contributed by atoms with Crippen LogP contribution in [0.25, 0.3) is 0 Å². The van der Waals surface area contributed by atoms with Gasteiger partial charge in [0, 0.05) is 17.3 Å². The monoisotopic (exact) mass is 327 g/mol. The number of benzene rings is 3. The maximum absolute atomic E-state index is 2.53. The zero-order valence-corrected chi connectivity index (χ0v) is 15.5. The van der Waals surface area contributed by atoms with Gasteiger partial charge in [-0.3, -0.25) is 0 Å². The molecule has 0 saturated heterocycles. The van der Waals surface area contributed by atoms with Crippen LogP contribution in [0.3, 0.4) is 0 Å². The fraction of sp³-hybridized carbons (Fsp3) is 0.250. The van der Waals surface area contributed by atoms with Crippen molar-refractivity contribution >= 4 is 11.4 Å². The summed E-state index contributed by atoms with van der Waals surface area (Å²) in [5, 5.41) is 0. The smallest absolute Gasteiger partial charge is 0.0661 e. The molecule has 2 unspecified atom stereocenters. The molecular formula is C24H25N. The summed E-state index contributed by atoms with van der Waals surface area (Å²) < 4.78 is 0. The minimum Gasteiger partial charge on any atom is -0.333 e. The SMILES string of the molecule is Cc1cc(C)c(C)c(C2C(C)c3ccccc3N2c2ccccc2)c1. The van der Waals surface area contributed by atoms with Gasteiger partial charge in [-0.1, -0.05) is 61.0 Å². The number of para-hydroxylation sites is 2. The Hall–Kier alpha value is -2.54. The lowest BCUT2D eigenvalue weighted by atomic mass is 9.87. The lowest BCUT2D eigenvalue weighted by Gasteiger charge is -2.32. The Bertz CT molecular complexity index is 911. The van der Waals surface area contributed by atoms with E-state index in [0.717, 1.165) is 0 Å². The number of anilines is 2. The molecule has 126 valence electrons. The zero-order chi connectivity index (χ0) is 17.6.